The summed E-state index contributed by atoms with van der Waals surface area (Å²) in [7, 11) is 0. The molecule has 1 saturated heterocycles. The minimum atomic E-state index is -0.349. The van der Waals surface area contributed by atoms with E-state index in [1.54, 1.807) is 0 Å². The second kappa shape index (κ2) is 6.62. The van der Waals surface area contributed by atoms with E-state index in [9.17, 15) is 0 Å². The van der Waals surface area contributed by atoms with Gasteiger partial charge in [-0.1, -0.05) is 41.4 Å². The van der Waals surface area contributed by atoms with Gasteiger partial charge in [-0.15, -0.1) is 10.2 Å². The predicted molar refractivity (Wildman–Crippen MR) is 96.8 cm³/mol. The number of rotatable bonds is 3. The third-order valence-electron chi connectivity index (χ3n) is 4.82. The smallest absolute Gasteiger partial charge is 0.247 e. The molecule has 0 unspecified atom stereocenters. The Hall–Kier alpha value is -2.17. The van der Waals surface area contributed by atoms with Crippen LogP contribution in [0.1, 0.15) is 29.9 Å². The minimum Gasteiger partial charge on any atom is -0.420 e. The van der Waals surface area contributed by atoms with Crippen molar-refractivity contribution in [3.63, 3.8) is 0 Å². The van der Waals surface area contributed by atoms with Crippen molar-refractivity contribution in [3.05, 3.63) is 70.6 Å². The van der Waals surface area contributed by atoms with Crippen LogP contribution in [-0.4, -0.2) is 23.4 Å². The van der Waals surface area contributed by atoms with Crippen LogP contribution in [0, 0.1) is 6.92 Å². The van der Waals surface area contributed by atoms with Crippen molar-refractivity contribution in [1.29, 1.82) is 0 Å². The van der Waals surface area contributed by atoms with Crippen molar-refractivity contribution in [2.45, 2.75) is 25.2 Å². The summed E-state index contributed by atoms with van der Waals surface area (Å²) in [6, 6.07) is 16.0. The Morgan fingerprint density at radius 1 is 1.00 bits per heavy atom. The topological polar surface area (TPSA) is 48.2 Å². The molecule has 0 atom stereocenters. The first-order valence-corrected chi connectivity index (χ1v) is 8.80. The molecule has 25 heavy (non-hydrogen) atoms. The fourth-order valence-electron chi connectivity index (χ4n) is 3.44. The Morgan fingerprint density at radius 2 is 1.80 bits per heavy atom. The van der Waals surface area contributed by atoms with E-state index in [2.05, 4.69) is 16.3 Å². The van der Waals surface area contributed by atoms with Crippen LogP contribution in [0.3, 0.4) is 0 Å². The molecule has 0 bridgehead atoms. The van der Waals surface area contributed by atoms with Gasteiger partial charge >= 0.3 is 0 Å². The van der Waals surface area contributed by atoms with E-state index in [1.165, 1.54) is 0 Å². The number of aryl methyl sites for hydroxylation is 1. The molecule has 1 aliphatic rings. The van der Waals surface area contributed by atoms with Gasteiger partial charge in [-0.2, -0.15) is 0 Å². The highest BCUT2D eigenvalue weighted by atomic mass is 35.5. The quantitative estimate of drug-likeness (QED) is 0.678. The normalized spacial score (nSPS) is 16.7. The average Bonchev–Trinajstić information content (AvgIpc) is 3.13. The number of halogens is 1. The van der Waals surface area contributed by atoms with Gasteiger partial charge in [0.15, 0.2) is 0 Å². The zero-order valence-electron chi connectivity index (χ0n) is 14.0. The lowest BCUT2D eigenvalue weighted by atomic mass is 9.74. The van der Waals surface area contributed by atoms with Crippen LogP contribution >= 0.6 is 11.6 Å². The summed E-state index contributed by atoms with van der Waals surface area (Å²) < 4.78 is 11.7. The molecule has 0 spiro atoms. The molecule has 2 heterocycles. The van der Waals surface area contributed by atoms with Crippen molar-refractivity contribution < 1.29 is 9.15 Å². The maximum Gasteiger partial charge on any atom is 0.247 e. The fourth-order valence-corrected chi connectivity index (χ4v) is 3.63. The Balaban J connectivity index is 1.79. The van der Waals surface area contributed by atoms with Crippen molar-refractivity contribution in [3.8, 4) is 11.5 Å². The molecule has 5 heteroatoms. The second-order valence-corrected chi connectivity index (χ2v) is 6.92. The van der Waals surface area contributed by atoms with E-state index in [-0.39, 0.29) is 5.41 Å². The molecule has 0 saturated carbocycles. The molecule has 0 N–H and O–H groups in total. The lowest BCUT2D eigenvalue weighted by Crippen LogP contribution is -2.35. The highest BCUT2D eigenvalue weighted by molar-refractivity contribution is 6.30. The van der Waals surface area contributed by atoms with E-state index < -0.39 is 0 Å². The molecule has 1 aliphatic heterocycles. The number of aromatic nitrogens is 2. The average molecular weight is 355 g/mol. The highest BCUT2D eigenvalue weighted by Gasteiger charge is 2.41. The summed E-state index contributed by atoms with van der Waals surface area (Å²) in [4.78, 5) is 0. The zero-order valence-corrected chi connectivity index (χ0v) is 14.8. The van der Waals surface area contributed by atoms with Crippen molar-refractivity contribution >= 4 is 11.6 Å². The SMILES string of the molecule is Cc1cccc(-c2nnc(C3(c4cccc(Cl)c4)CCOCC3)o2)c1. The van der Waals surface area contributed by atoms with E-state index in [0.29, 0.717) is 30.0 Å². The molecule has 0 radical (unpaired) electrons. The first kappa shape index (κ1) is 16.3. The van der Waals surface area contributed by atoms with E-state index in [0.717, 1.165) is 29.5 Å². The van der Waals surface area contributed by atoms with Crippen LogP contribution in [0.2, 0.25) is 5.02 Å². The van der Waals surface area contributed by atoms with Crippen LogP contribution in [0.4, 0.5) is 0 Å². The Bertz CT molecular complexity index is 885. The Labute approximate surface area is 151 Å². The molecular weight excluding hydrogens is 336 g/mol. The van der Waals surface area contributed by atoms with Crippen molar-refractivity contribution in [2.75, 3.05) is 13.2 Å². The number of ether oxygens (including phenoxy) is 1. The second-order valence-electron chi connectivity index (χ2n) is 6.49. The van der Waals surface area contributed by atoms with Gasteiger partial charge in [0.25, 0.3) is 0 Å². The van der Waals surface area contributed by atoms with Crippen molar-refractivity contribution in [1.82, 2.24) is 10.2 Å². The Kier molecular flexibility index (Phi) is 4.32. The highest BCUT2D eigenvalue weighted by Crippen LogP contribution is 2.42. The number of benzene rings is 2. The standard InChI is InChI=1S/C20H19ClN2O2/c1-14-4-2-5-15(12-14)18-22-23-19(25-18)20(8-10-24-11-9-20)16-6-3-7-17(21)13-16/h2-7,12-13H,8-11H2,1H3. The van der Waals surface area contributed by atoms with Gasteiger partial charge in [-0.3, -0.25) is 0 Å². The van der Waals surface area contributed by atoms with Gasteiger partial charge in [0.2, 0.25) is 11.8 Å². The van der Waals surface area contributed by atoms with Gasteiger partial charge in [0.1, 0.15) is 0 Å². The van der Waals surface area contributed by atoms with Crippen molar-refractivity contribution in [2.24, 2.45) is 0 Å². The third-order valence-corrected chi connectivity index (χ3v) is 5.06. The lowest BCUT2D eigenvalue weighted by Gasteiger charge is -2.34. The molecule has 2 aromatic carbocycles. The molecule has 1 aromatic heterocycles. The van der Waals surface area contributed by atoms with E-state index >= 15 is 0 Å². The molecule has 4 nitrogen and oxygen atoms in total. The first-order valence-electron chi connectivity index (χ1n) is 8.42. The Morgan fingerprint density at radius 3 is 2.56 bits per heavy atom. The monoisotopic (exact) mass is 354 g/mol. The van der Waals surface area contributed by atoms with Gasteiger partial charge in [0, 0.05) is 23.8 Å². The zero-order chi connectivity index (χ0) is 17.3. The summed E-state index contributed by atoms with van der Waals surface area (Å²) in [6.07, 6.45) is 1.59. The molecule has 4 rings (SSSR count). The number of hydrogen-bond acceptors (Lipinski definition) is 4. The van der Waals surface area contributed by atoms with Crippen LogP contribution in [-0.2, 0) is 10.2 Å². The molecule has 0 aliphatic carbocycles. The van der Waals surface area contributed by atoms with E-state index in [4.69, 9.17) is 20.8 Å². The van der Waals surface area contributed by atoms with Crippen LogP contribution in [0.15, 0.2) is 52.9 Å². The molecule has 3 aromatic rings. The third kappa shape index (κ3) is 3.08. The predicted octanol–water partition coefficient (Wildman–Crippen LogP) is 4.79. The van der Waals surface area contributed by atoms with Gasteiger partial charge in [0.05, 0.1) is 5.41 Å². The van der Waals surface area contributed by atoms with Crippen LogP contribution in [0.25, 0.3) is 11.5 Å². The van der Waals surface area contributed by atoms with Gasteiger partial charge in [-0.25, -0.2) is 0 Å². The van der Waals surface area contributed by atoms with Gasteiger partial charge in [-0.05, 0) is 49.6 Å². The summed E-state index contributed by atoms with van der Waals surface area (Å²) in [6.45, 7) is 3.37. The molecule has 0 amide bonds. The molecule has 1 fully saturated rings. The number of hydrogen-bond donors (Lipinski definition) is 0. The van der Waals surface area contributed by atoms with Crippen LogP contribution < -0.4 is 0 Å². The minimum absolute atomic E-state index is 0.349. The number of nitrogens with zero attached hydrogens (tertiary/aromatic N) is 2. The maximum atomic E-state index is 6.23. The molecular formula is C20H19ClN2O2. The summed E-state index contributed by atoms with van der Waals surface area (Å²) in [5.41, 5.74) is 2.85. The first-order chi connectivity index (χ1) is 12.2. The van der Waals surface area contributed by atoms with Crippen LogP contribution in [0.5, 0.6) is 0 Å². The summed E-state index contributed by atoms with van der Waals surface area (Å²) in [5, 5.41) is 9.42. The summed E-state index contributed by atoms with van der Waals surface area (Å²) >= 11 is 6.23. The van der Waals surface area contributed by atoms with Gasteiger partial charge < -0.3 is 9.15 Å². The lowest BCUT2D eigenvalue weighted by molar-refractivity contribution is 0.0546. The maximum absolute atomic E-state index is 6.23. The summed E-state index contributed by atoms with van der Waals surface area (Å²) in [5.74, 6) is 1.18. The fraction of sp³-hybridized carbons (Fsp3) is 0.300. The molecule has 128 valence electrons. The largest absolute Gasteiger partial charge is 0.420 e. The van der Waals surface area contributed by atoms with E-state index in [1.807, 2.05) is 49.4 Å².